The van der Waals surface area contributed by atoms with Gasteiger partial charge in [0.25, 0.3) is 0 Å². The molecule has 0 unspecified atom stereocenters. The SMILES string of the molecule is COC(=O)c1ccc2nc(CN3CCC(Oc4ccnc(COc5ccc(Cl)cc5F)c4)CC3)n(CC3(OC)CC3)c2c1. The van der Waals surface area contributed by atoms with Crippen molar-refractivity contribution in [2.24, 2.45) is 0 Å². The molecule has 1 saturated carbocycles. The monoisotopic (exact) mass is 608 g/mol. The van der Waals surface area contributed by atoms with Crippen molar-refractivity contribution >= 4 is 28.6 Å². The van der Waals surface area contributed by atoms with Crippen molar-refractivity contribution in [3.05, 3.63) is 82.6 Å². The molecule has 43 heavy (non-hydrogen) atoms. The molecular weight excluding hydrogens is 575 g/mol. The molecule has 0 N–H and O–H groups in total. The second kappa shape index (κ2) is 12.5. The summed E-state index contributed by atoms with van der Waals surface area (Å²) in [5.41, 5.74) is 2.73. The van der Waals surface area contributed by atoms with Gasteiger partial charge in [0, 0.05) is 37.5 Å². The molecule has 1 saturated heterocycles. The largest absolute Gasteiger partial charge is 0.490 e. The van der Waals surface area contributed by atoms with Gasteiger partial charge in [0.2, 0.25) is 0 Å². The number of rotatable bonds is 11. The van der Waals surface area contributed by atoms with Gasteiger partial charge >= 0.3 is 5.97 Å². The number of likely N-dealkylation sites (tertiary alicyclic amines) is 1. The van der Waals surface area contributed by atoms with Crippen molar-refractivity contribution < 1.29 is 28.1 Å². The zero-order valence-corrected chi connectivity index (χ0v) is 25.0. The van der Waals surface area contributed by atoms with Crippen molar-refractivity contribution in [3.8, 4) is 11.5 Å². The normalized spacial score (nSPS) is 16.7. The van der Waals surface area contributed by atoms with Crippen LogP contribution in [0.25, 0.3) is 11.0 Å². The van der Waals surface area contributed by atoms with Crippen LogP contribution >= 0.6 is 11.6 Å². The molecule has 2 aliphatic rings. The molecule has 4 aromatic rings. The third-order valence-electron chi connectivity index (χ3n) is 8.20. The summed E-state index contributed by atoms with van der Waals surface area (Å²) in [6.07, 6.45) is 5.46. The van der Waals surface area contributed by atoms with Crippen molar-refractivity contribution in [1.29, 1.82) is 0 Å². The van der Waals surface area contributed by atoms with E-state index in [0.29, 0.717) is 35.1 Å². The Morgan fingerprint density at radius 3 is 2.63 bits per heavy atom. The number of pyridine rings is 1. The van der Waals surface area contributed by atoms with E-state index in [4.69, 9.17) is 35.5 Å². The summed E-state index contributed by atoms with van der Waals surface area (Å²) in [5, 5.41) is 0.315. The topological polar surface area (TPSA) is 87.9 Å². The molecule has 11 heteroatoms. The quantitative estimate of drug-likeness (QED) is 0.197. The minimum Gasteiger partial charge on any atom is -0.490 e. The lowest BCUT2D eigenvalue weighted by Gasteiger charge is -2.32. The number of carbonyl (C=O) groups is 1. The maximum Gasteiger partial charge on any atom is 0.337 e. The summed E-state index contributed by atoms with van der Waals surface area (Å²) in [5.74, 6) is 0.906. The van der Waals surface area contributed by atoms with Crippen LogP contribution in [0, 0.1) is 5.82 Å². The summed E-state index contributed by atoms with van der Waals surface area (Å²) in [6.45, 7) is 3.20. The van der Waals surface area contributed by atoms with Gasteiger partial charge in [0.1, 0.15) is 24.3 Å². The maximum atomic E-state index is 14.1. The molecule has 0 bridgehead atoms. The Bertz CT molecular complexity index is 1620. The van der Waals surface area contributed by atoms with Crippen LogP contribution in [0.1, 0.15) is 47.6 Å². The van der Waals surface area contributed by atoms with Crippen LogP contribution in [0.2, 0.25) is 5.02 Å². The van der Waals surface area contributed by atoms with E-state index >= 15 is 0 Å². The Balaban J connectivity index is 1.08. The molecule has 2 fully saturated rings. The second-order valence-electron chi connectivity index (χ2n) is 11.1. The number of fused-ring (bicyclic) bond motifs is 1. The minimum absolute atomic E-state index is 0.0609. The lowest BCUT2D eigenvalue weighted by molar-refractivity contribution is 0.0601. The first-order valence-electron chi connectivity index (χ1n) is 14.4. The van der Waals surface area contributed by atoms with E-state index in [1.54, 1.807) is 25.4 Å². The number of piperidine rings is 1. The highest BCUT2D eigenvalue weighted by Gasteiger charge is 2.44. The number of nitrogens with zero attached hydrogens (tertiary/aromatic N) is 4. The number of carbonyl (C=O) groups excluding carboxylic acids is 1. The smallest absolute Gasteiger partial charge is 0.337 e. The van der Waals surface area contributed by atoms with E-state index < -0.39 is 5.82 Å². The Morgan fingerprint density at radius 1 is 1.09 bits per heavy atom. The van der Waals surface area contributed by atoms with E-state index in [9.17, 15) is 9.18 Å². The molecular formula is C32H34ClFN4O5. The van der Waals surface area contributed by atoms with Crippen LogP contribution in [0.5, 0.6) is 11.5 Å². The lowest BCUT2D eigenvalue weighted by Crippen LogP contribution is -2.38. The van der Waals surface area contributed by atoms with E-state index in [-0.39, 0.29) is 30.0 Å². The number of hydrogen-bond donors (Lipinski definition) is 0. The van der Waals surface area contributed by atoms with Gasteiger partial charge in [-0.2, -0.15) is 0 Å². The average Bonchev–Trinajstić information content (AvgIpc) is 3.72. The van der Waals surface area contributed by atoms with E-state index in [0.717, 1.165) is 55.6 Å². The molecule has 2 aromatic heterocycles. The molecule has 1 aliphatic heterocycles. The standard InChI is InChI=1S/C32H34ClFN4O5/c1-40-31(39)21-3-5-27-28(15-21)38(20-32(41-2)10-11-32)30(36-27)18-37-13-8-24(9-14-37)43-25-7-12-35-23(17-25)19-42-29-6-4-22(33)16-26(29)34/h3-7,12,15-17,24H,8-11,13-14,18-20H2,1-2H3. The summed E-state index contributed by atoms with van der Waals surface area (Å²) in [4.78, 5) is 23.9. The highest BCUT2D eigenvalue weighted by atomic mass is 35.5. The third-order valence-corrected chi connectivity index (χ3v) is 8.43. The molecule has 9 nitrogen and oxygen atoms in total. The predicted molar refractivity (Wildman–Crippen MR) is 159 cm³/mol. The maximum absolute atomic E-state index is 14.1. The van der Waals surface area contributed by atoms with Crippen LogP contribution in [-0.2, 0) is 29.2 Å². The predicted octanol–water partition coefficient (Wildman–Crippen LogP) is 5.81. The number of halogens is 2. The van der Waals surface area contributed by atoms with Crippen LogP contribution in [-0.4, -0.2) is 64.4 Å². The molecule has 0 spiro atoms. The van der Waals surface area contributed by atoms with Crippen molar-refractivity contribution in [1.82, 2.24) is 19.4 Å². The summed E-state index contributed by atoms with van der Waals surface area (Å²) in [7, 11) is 3.15. The van der Waals surface area contributed by atoms with Gasteiger partial charge < -0.3 is 23.5 Å². The molecule has 3 heterocycles. The number of methoxy groups -OCH3 is 2. The minimum atomic E-state index is -0.515. The van der Waals surface area contributed by atoms with Crippen molar-refractivity contribution in [3.63, 3.8) is 0 Å². The molecule has 0 atom stereocenters. The van der Waals surface area contributed by atoms with Gasteiger partial charge in [-0.3, -0.25) is 9.88 Å². The molecule has 0 amide bonds. The fourth-order valence-electron chi connectivity index (χ4n) is 5.50. The Labute approximate surface area is 254 Å². The van der Waals surface area contributed by atoms with Gasteiger partial charge in [-0.25, -0.2) is 14.2 Å². The number of benzene rings is 2. The highest BCUT2D eigenvalue weighted by molar-refractivity contribution is 6.30. The molecule has 1 aliphatic carbocycles. The Kier molecular flexibility index (Phi) is 8.52. The number of imidazole rings is 1. The van der Waals surface area contributed by atoms with E-state index in [1.165, 1.54) is 19.2 Å². The zero-order chi connectivity index (χ0) is 30.0. The fourth-order valence-corrected chi connectivity index (χ4v) is 5.66. The first-order valence-corrected chi connectivity index (χ1v) is 14.8. The number of esters is 1. The van der Waals surface area contributed by atoms with Gasteiger partial charge in [-0.05, 0) is 68.1 Å². The zero-order valence-electron chi connectivity index (χ0n) is 24.2. The highest BCUT2D eigenvalue weighted by Crippen LogP contribution is 2.41. The van der Waals surface area contributed by atoms with Crippen LogP contribution < -0.4 is 9.47 Å². The molecule has 226 valence electrons. The van der Waals surface area contributed by atoms with Crippen molar-refractivity contribution in [2.45, 2.75) is 57.1 Å². The van der Waals surface area contributed by atoms with Gasteiger partial charge in [0.05, 0.1) is 48.1 Å². The third kappa shape index (κ3) is 6.76. The van der Waals surface area contributed by atoms with Gasteiger partial charge in [-0.1, -0.05) is 11.6 Å². The average molecular weight is 609 g/mol. The summed E-state index contributed by atoms with van der Waals surface area (Å²) < 4.78 is 38.9. The van der Waals surface area contributed by atoms with Gasteiger partial charge in [0.15, 0.2) is 11.6 Å². The molecule has 2 aromatic carbocycles. The van der Waals surface area contributed by atoms with Gasteiger partial charge in [-0.15, -0.1) is 0 Å². The molecule has 0 radical (unpaired) electrons. The Morgan fingerprint density at radius 2 is 1.91 bits per heavy atom. The van der Waals surface area contributed by atoms with Crippen LogP contribution in [0.3, 0.4) is 0 Å². The fraction of sp³-hybridized carbons (Fsp3) is 0.406. The molecule has 6 rings (SSSR count). The van der Waals surface area contributed by atoms with Crippen LogP contribution in [0.4, 0.5) is 4.39 Å². The number of hydrogen-bond acceptors (Lipinski definition) is 8. The van der Waals surface area contributed by atoms with E-state index in [1.807, 2.05) is 24.3 Å². The number of aromatic nitrogens is 3. The first kappa shape index (κ1) is 29.3. The lowest BCUT2D eigenvalue weighted by atomic mass is 10.1. The van der Waals surface area contributed by atoms with Crippen molar-refractivity contribution in [2.75, 3.05) is 27.3 Å². The summed E-state index contributed by atoms with van der Waals surface area (Å²) >= 11 is 5.82. The summed E-state index contributed by atoms with van der Waals surface area (Å²) in [6, 6.07) is 13.5. The van der Waals surface area contributed by atoms with Crippen LogP contribution in [0.15, 0.2) is 54.7 Å². The second-order valence-corrected chi connectivity index (χ2v) is 11.6. The first-order chi connectivity index (χ1) is 20.8. The van der Waals surface area contributed by atoms with E-state index in [2.05, 4.69) is 14.5 Å². The Hall–Kier alpha value is -3.73. The number of ether oxygens (including phenoxy) is 4.